The van der Waals surface area contributed by atoms with Crippen molar-refractivity contribution in [1.82, 2.24) is 4.98 Å². The molecule has 17 heavy (non-hydrogen) atoms. The summed E-state index contributed by atoms with van der Waals surface area (Å²) in [6.45, 7) is 0. The summed E-state index contributed by atoms with van der Waals surface area (Å²) in [5.41, 5.74) is 1.47. The van der Waals surface area contributed by atoms with Gasteiger partial charge in [0.2, 0.25) is 0 Å². The monoisotopic (exact) mass is 239 g/mol. The lowest BCUT2D eigenvalue weighted by molar-refractivity contribution is -0.0931. The van der Waals surface area contributed by atoms with Crippen molar-refractivity contribution in [2.45, 2.75) is 31.9 Å². The zero-order valence-corrected chi connectivity index (χ0v) is 9.19. The van der Waals surface area contributed by atoms with Crippen LogP contribution < -0.4 is 10.7 Å². The molecule has 1 aromatic heterocycles. The number of alkyl halides is 3. The zero-order valence-electron chi connectivity index (χ0n) is 9.19. The lowest BCUT2D eigenvalue weighted by atomic mass is 9.94. The molecule has 3 rings (SSSR count). The summed E-state index contributed by atoms with van der Waals surface area (Å²) in [4.78, 5) is 3.20. The molecule has 0 unspecified atom stereocenters. The molecule has 2 aliphatic carbocycles. The Morgan fingerprint density at radius 2 is 1.88 bits per heavy atom. The van der Waals surface area contributed by atoms with E-state index in [4.69, 9.17) is 0 Å². The van der Waals surface area contributed by atoms with Crippen molar-refractivity contribution >= 4 is 12.2 Å². The Hall–Kier alpha value is -1.45. The minimum atomic E-state index is -4.21. The fraction of sp³-hybridized carbons (Fsp3) is 0.385. The van der Waals surface area contributed by atoms with Gasteiger partial charge < -0.3 is 4.98 Å². The number of H-pyrrole nitrogens is 1. The van der Waals surface area contributed by atoms with Gasteiger partial charge in [-0.15, -0.1) is 0 Å². The molecule has 1 heterocycles. The van der Waals surface area contributed by atoms with Crippen LogP contribution in [0, 0.1) is 0 Å². The van der Waals surface area contributed by atoms with Crippen LogP contribution in [0.25, 0.3) is 12.2 Å². The Morgan fingerprint density at radius 1 is 1.06 bits per heavy atom. The van der Waals surface area contributed by atoms with Gasteiger partial charge in [0.15, 0.2) is 0 Å². The smallest absolute Gasteiger partial charge is 0.355 e. The van der Waals surface area contributed by atoms with E-state index in [2.05, 4.69) is 11.1 Å². The highest BCUT2D eigenvalue weighted by Crippen LogP contribution is 2.30. The molecule has 1 nitrogen and oxygen atoms in total. The minimum Gasteiger partial charge on any atom is -0.355 e. The Balaban J connectivity index is 2.12. The van der Waals surface area contributed by atoms with Gasteiger partial charge in [-0.2, -0.15) is 13.2 Å². The predicted molar refractivity (Wildman–Crippen MR) is 59.8 cm³/mol. The first-order valence-electron chi connectivity index (χ1n) is 5.74. The number of hydrogen-bond donors (Lipinski definition) is 1. The van der Waals surface area contributed by atoms with Crippen molar-refractivity contribution in [3.8, 4) is 0 Å². The molecule has 0 bridgehead atoms. The zero-order chi connectivity index (χ0) is 12.0. The third-order valence-electron chi connectivity index (χ3n) is 3.45. The van der Waals surface area contributed by atoms with Crippen molar-refractivity contribution in [2.75, 3.05) is 0 Å². The van der Waals surface area contributed by atoms with Gasteiger partial charge in [0.25, 0.3) is 0 Å². The first-order valence-corrected chi connectivity index (χ1v) is 5.74. The predicted octanol–water partition coefficient (Wildman–Crippen LogP) is 1.96. The highest BCUT2D eigenvalue weighted by molar-refractivity contribution is 5.51. The summed E-state index contributed by atoms with van der Waals surface area (Å²) in [6, 6.07) is 0. The van der Waals surface area contributed by atoms with Gasteiger partial charge in [0.1, 0.15) is 0 Å². The molecule has 1 N–H and O–H groups in total. The number of rotatable bonds is 0. The van der Waals surface area contributed by atoms with Crippen molar-refractivity contribution in [1.29, 1.82) is 0 Å². The summed E-state index contributed by atoms with van der Waals surface area (Å²) in [6.07, 6.45) is 3.53. The summed E-state index contributed by atoms with van der Waals surface area (Å²) in [5.74, 6) is 0. The van der Waals surface area contributed by atoms with Crippen molar-refractivity contribution in [2.24, 2.45) is 0 Å². The van der Waals surface area contributed by atoms with Gasteiger partial charge in [-0.25, -0.2) is 0 Å². The summed E-state index contributed by atoms with van der Waals surface area (Å²) < 4.78 is 38.0. The normalized spacial score (nSPS) is 18.6. The van der Waals surface area contributed by atoms with E-state index in [-0.39, 0.29) is 6.42 Å². The van der Waals surface area contributed by atoms with Gasteiger partial charge in [-0.1, -0.05) is 12.2 Å². The Labute approximate surface area is 96.3 Å². The second-order valence-corrected chi connectivity index (χ2v) is 4.54. The van der Waals surface area contributed by atoms with Crippen LogP contribution >= 0.6 is 0 Å². The van der Waals surface area contributed by atoms with Gasteiger partial charge in [0.05, 0.1) is 0 Å². The van der Waals surface area contributed by atoms with Crippen molar-refractivity contribution < 1.29 is 13.2 Å². The fourth-order valence-electron chi connectivity index (χ4n) is 2.58. The molecule has 1 aromatic rings. The van der Waals surface area contributed by atoms with E-state index >= 15 is 0 Å². The van der Waals surface area contributed by atoms with Gasteiger partial charge in [-0.3, -0.25) is 0 Å². The average Bonchev–Trinajstić information content (AvgIpc) is 2.65. The second-order valence-electron chi connectivity index (χ2n) is 4.54. The molecule has 0 radical (unpaired) electrons. The largest absolute Gasteiger partial charge is 0.413 e. The molecular formula is C13H12F3N. The SMILES string of the molecule is FC(F)(F)C1=CC=c2[nH]c3c(c2C1)CCCC=3. The Morgan fingerprint density at radius 3 is 2.65 bits per heavy atom. The van der Waals surface area contributed by atoms with Crippen LogP contribution in [0.15, 0.2) is 11.6 Å². The fourth-order valence-corrected chi connectivity index (χ4v) is 2.58. The van der Waals surface area contributed by atoms with E-state index in [0.29, 0.717) is 0 Å². The quantitative estimate of drug-likeness (QED) is 0.712. The topological polar surface area (TPSA) is 15.8 Å². The van der Waals surface area contributed by atoms with E-state index in [9.17, 15) is 13.2 Å². The van der Waals surface area contributed by atoms with Crippen LogP contribution in [0.1, 0.15) is 24.0 Å². The lowest BCUT2D eigenvalue weighted by Crippen LogP contribution is -2.21. The maximum atomic E-state index is 12.7. The lowest BCUT2D eigenvalue weighted by Gasteiger charge is -2.15. The Kier molecular flexibility index (Phi) is 2.21. The first-order chi connectivity index (χ1) is 8.05. The van der Waals surface area contributed by atoms with E-state index in [1.165, 1.54) is 6.08 Å². The highest BCUT2D eigenvalue weighted by Gasteiger charge is 2.34. The number of allylic oxidation sites excluding steroid dienone is 2. The highest BCUT2D eigenvalue weighted by atomic mass is 19.4. The van der Waals surface area contributed by atoms with Crippen molar-refractivity contribution in [3.63, 3.8) is 0 Å². The Bertz CT molecular complexity index is 602. The molecular weight excluding hydrogens is 227 g/mol. The number of hydrogen-bond acceptors (Lipinski definition) is 0. The van der Waals surface area contributed by atoms with E-state index in [1.54, 1.807) is 6.08 Å². The van der Waals surface area contributed by atoms with E-state index in [1.807, 2.05) is 0 Å². The third-order valence-corrected chi connectivity index (χ3v) is 3.45. The van der Waals surface area contributed by atoms with Crippen LogP contribution in [0.4, 0.5) is 13.2 Å². The minimum absolute atomic E-state index is 0.00894. The summed E-state index contributed by atoms with van der Waals surface area (Å²) >= 11 is 0. The maximum Gasteiger partial charge on any atom is 0.413 e. The molecule has 0 fully saturated rings. The summed E-state index contributed by atoms with van der Waals surface area (Å²) in [5, 5.41) is 1.87. The van der Waals surface area contributed by atoms with Crippen LogP contribution in [-0.2, 0) is 12.8 Å². The molecule has 2 aliphatic rings. The van der Waals surface area contributed by atoms with Crippen LogP contribution in [-0.4, -0.2) is 11.2 Å². The number of halogens is 3. The standard InChI is InChI=1S/C13H12F3N/c14-13(15,16)8-5-6-12-10(7-8)9-3-1-2-4-11(9)17-12/h4-6,17H,1-3,7H2. The molecule has 0 aromatic carbocycles. The van der Waals surface area contributed by atoms with E-state index < -0.39 is 11.7 Å². The molecule has 0 amide bonds. The van der Waals surface area contributed by atoms with Crippen molar-refractivity contribution in [3.05, 3.63) is 33.5 Å². The molecule has 4 heteroatoms. The van der Waals surface area contributed by atoms with Gasteiger partial charge in [0, 0.05) is 22.7 Å². The number of aromatic amines is 1. The van der Waals surface area contributed by atoms with Gasteiger partial charge in [-0.05, 0) is 36.5 Å². The molecule has 0 spiro atoms. The number of nitrogens with one attached hydrogen (secondary N) is 1. The number of fused-ring (bicyclic) bond motifs is 3. The molecule has 90 valence electrons. The molecule has 0 aliphatic heterocycles. The maximum absolute atomic E-state index is 12.7. The van der Waals surface area contributed by atoms with Crippen LogP contribution in [0.5, 0.6) is 0 Å². The first kappa shape index (κ1) is 10.7. The second kappa shape index (κ2) is 3.52. The van der Waals surface area contributed by atoms with Crippen LogP contribution in [0.3, 0.4) is 0 Å². The molecule has 0 atom stereocenters. The summed E-state index contributed by atoms with van der Waals surface area (Å²) in [7, 11) is 0. The van der Waals surface area contributed by atoms with Crippen LogP contribution in [0.2, 0.25) is 0 Å². The third kappa shape index (κ3) is 1.72. The molecule has 0 saturated carbocycles. The van der Waals surface area contributed by atoms with E-state index in [0.717, 1.165) is 41.1 Å². The average molecular weight is 239 g/mol. The molecule has 0 saturated heterocycles. The van der Waals surface area contributed by atoms with Gasteiger partial charge >= 0.3 is 6.18 Å². The number of aromatic nitrogens is 1.